The van der Waals surface area contributed by atoms with Crippen LogP contribution in [-0.2, 0) is 16.6 Å². The number of carbonyl (C=O) groups excluding carboxylic acids is 1. The summed E-state index contributed by atoms with van der Waals surface area (Å²) in [6.07, 6.45) is 7.50. The van der Waals surface area contributed by atoms with Crippen LogP contribution in [0.15, 0.2) is 54.7 Å². The molecule has 1 aliphatic carbocycles. The highest BCUT2D eigenvalue weighted by Gasteiger charge is 2.41. The maximum Gasteiger partial charge on any atom is 0.236 e. The van der Waals surface area contributed by atoms with Crippen molar-refractivity contribution in [2.24, 2.45) is 0 Å². The number of aromatic nitrogens is 1. The fraction of sp³-hybridized carbons (Fsp3) is 0.333. The molecule has 1 amide bonds. The molecule has 0 aliphatic heterocycles. The summed E-state index contributed by atoms with van der Waals surface area (Å²) in [4.78, 5) is 19.0. The first-order valence-electron chi connectivity index (χ1n) is 10.2. The Hall–Kier alpha value is -2.37. The van der Waals surface area contributed by atoms with Crippen LogP contribution in [0.1, 0.15) is 48.1 Å². The Bertz CT molecular complexity index is 1010. The number of amides is 1. The number of thiazole rings is 1. The molecule has 1 aromatic heterocycles. The summed E-state index contributed by atoms with van der Waals surface area (Å²) in [6, 6.07) is 15.7. The maximum absolute atomic E-state index is 13.5. The summed E-state index contributed by atoms with van der Waals surface area (Å²) in [7, 11) is 1.65. The largest absolute Gasteiger partial charge is 0.497 e. The SMILES string of the molecule is COc1ccc(C2(C(=O)Nc3ncc(Cc4ccccc4Cl)s3)CCCCC2)cc1. The Labute approximate surface area is 186 Å². The number of nitrogens with one attached hydrogen (secondary N) is 1. The second-order valence-corrected chi connectivity index (χ2v) is 9.25. The van der Waals surface area contributed by atoms with Crippen molar-refractivity contribution >= 4 is 34.0 Å². The van der Waals surface area contributed by atoms with Gasteiger partial charge in [0.25, 0.3) is 0 Å². The molecule has 30 heavy (non-hydrogen) atoms. The van der Waals surface area contributed by atoms with Gasteiger partial charge in [-0.05, 0) is 42.2 Å². The summed E-state index contributed by atoms with van der Waals surface area (Å²) in [5.74, 6) is 0.834. The van der Waals surface area contributed by atoms with Crippen molar-refractivity contribution in [2.75, 3.05) is 12.4 Å². The van der Waals surface area contributed by atoms with Gasteiger partial charge in [0.1, 0.15) is 5.75 Å². The van der Waals surface area contributed by atoms with Gasteiger partial charge >= 0.3 is 0 Å². The van der Waals surface area contributed by atoms with Crippen molar-refractivity contribution in [3.05, 3.63) is 75.8 Å². The van der Waals surface area contributed by atoms with E-state index in [0.29, 0.717) is 11.6 Å². The predicted octanol–water partition coefficient (Wildman–Crippen LogP) is 6.24. The first-order valence-corrected chi connectivity index (χ1v) is 11.4. The minimum Gasteiger partial charge on any atom is -0.497 e. The smallest absolute Gasteiger partial charge is 0.236 e. The summed E-state index contributed by atoms with van der Waals surface area (Å²) >= 11 is 7.79. The van der Waals surface area contributed by atoms with Crippen LogP contribution in [0.3, 0.4) is 0 Å². The van der Waals surface area contributed by atoms with E-state index in [4.69, 9.17) is 16.3 Å². The van der Waals surface area contributed by atoms with Crippen LogP contribution in [0, 0.1) is 0 Å². The van der Waals surface area contributed by atoms with Crippen molar-refractivity contribution in [1.82, 2.24) is 4.98 Å². The van der Waals surface area contributed by atoms with Gasteiger partial charge in [0.05, 0.1) is 12.5 Å². The van der Waals surface area contributed by atoms with Crippen LogP contribution in [-0.4, -0.2) is 18.0 Å². The molecule has 2 aromatic carbocycles. The first kappa shape index (κ1) is 20.9. The van der Waals surface area contributed by atoms with E-state index >= 15 is 0 Å². The van der Waals surface area contributed by atoms with Crippen LogP contribution < -0.4 is 10.1 Å². The number of hydrogen-bond donors (Lipinski definition) is 1. The zero-order valence-electron chi connectivity index (χ0n) is 17.0. The van der Waals surface area contributed by atoms with Gasteiger partial charge in [-0.25, -0.2) is 4.98 Å². The van der Waals surface area contributed by atoms with E-state index < -0.39 is 5.41 Å². The van der Waals surface area contributed by atoms with Crippen molar-refractivity contribution in [2.45, 2.75) is 43.9 Å². The topological polar surface area (TPSA) is 51.2 Å². The van der Waals surface area contributed by atoms with Gasteiger partial charge in [-0.2, -0.15) is 0 Å². The van der Waals surface area contributed by atoms with Gasteiger partial charge in [0, 0.05) is 22.5 Å². The highest BCUT2D eigenvalue weighted by Crippen LogP contribution is 2.41. The Morgan fingerprint density at radius 1 is 1.13 bits per heavy atom. The summed E-state index contributed by atoms with van der Waals surface area (Å²) in [5, 5.41) is 4.49. The predicted molar refractivity (Wildman–Crippen MR) is 123 cm³/mol. The Morgan fingerprint density at radius 2 is 1.87 bits per heavy atom. The molecule has 1 aliphatic rings. The molecule has 1 N–H and O–H groups in total. The summed E-state index contributed by atoms with van der Waals surface area (Å²) in [6.45, 7) is 0. The van der Waals surface area contributed by atoms with Gasteiger partial charge in [0.15, 0.2) is 5.13 Å². The number of ether oxygens (including phenoxy) is 1. The number of methoxy groups -OCH3 is 1. The third-order valence-corrected chi connectivity index (χ3v) is 7.16. The fourth-order valence-electron chi connectivity index (χ4n) is 4.21. The number of halogens is 1. The fourth-order valence-corrected chi connectivity index (χ4v) is 5.24. The maximum atomic E-state index is 13.5. The molecule has 0 atom stereocenters. The van der Waals surface area contributed by atoms with E-state index in [1.165, 1.54) is 17.8 Å². The third kappa shape index (κ3) is 4.37. The number of nitrogens with zero attached hydrogens (tertiary/aromatic N) is 1. The van der Waals surface area contributed by atoms with E-state index in [9.17, 15) is 4.79 Å². The van der Waals surface area contributed by atoms with E-state index in [1.54, 1.807) is 7.11 Å². The molecule has 6 heteroatoms. The van der Waals surface area contributed by atoms with Gasteiger partial charge in [-0.1, -0.05) is 61.2 Å². The van der Waals surface area contributed by atoms with Crippen LogP contribution >= 0.6 is 22.9 Å². The average molecular weight is 441 g/mol. The lowest BCUT2D eigenvalue weighted by atomic mass is 9.68. The summed E-state index contributed by atoms with van der Waals surface area (Å²) in [5.41, 5.74) is 1.59. The van der Waals surface area contributed by atoms with Crippen LogP contribution in [0.25, 0.3) is 0 Å². The normalized spacial score (nSPS) is 15.5. The van der Waals surface area contributed by atoms with Gasteiger partial charge in [-0.3, -0.25) is 4.79 Å². The van der Waals surface area contributed by atoms with E-state index in [1.807, 2.05) is 54.7 Å². The quantitative estimate of drug-likeness (QED) is 0.493. The molecule has 0 saturated heterocycles. The molecule has 0 unspecified atom stereocenters. The van der Waals surface area contributed by atoms with Crippen LogP contribution in [0.2, 0.25) is 5.02 Å². The van der Waals surface area contributed by atoms with Gasteiger partial charge in [0.2, 0.25) is 5.91 Å². The summed E-state index contributed by atoms with van der Waals surface area (Å²) < 4.78 is 5.29. The Balaban J connectivity index is 1.53. The molecule has 4 rings (SSSR count). The van der Waals surface area contributed by atoms with Crippen molar-refractivity contribution < 1.29 is 9.53 Å². The van der Waals surface area contributed by atoms with E-state index in [2.05, 4.69) is 10.3 Å². The van der Waals surface area contributed by atoms with Crippen molar-refractivity contribution in [3.63, 3.8) is 0 Å². The highest BCUT2D eigenvalue weighted by atomic mass is 35.5. The van der Waals surface area contributed by atoms with E-state index in [0.717, 1.165) is 52.5 Å². The highest BCUT2D eigenvalue weighted by molar-refractivity contribution is 7.15. The van der Waals surface area contributed by atoms with Crippen LogP contribution in [0.4, 0.5) is 5.13 Å². The Morgan fingerprint density at radius 3 is 2.57 bits per heavy atom. The molecular formula is C24H25ClN2O2S. The second-order valence-electron chi connectivity index (χ2n) is 7.73. The lowest BCUT2D eigenvalue weighted by Gasteiger charge is -2.36. The lowest BCUT2D eigenvalue weighted by Crippen LogP contribution is -2.42. The lowest BCUT2D eigenvalue weighted by molar-refractivity contribution is -0.122. The Kier molecular flexibility index (Phi) is 6.40. The number of benzene rings is 2. The number of anilines is 1. The number of hydrogen-bond acceptors (Lipinski definition) is 4. The molecule has 1 saturated carbocycles. The molecule has 156 valence electrons. The average Bonchev–Trinajstić information content (AvgIpc) is 3.22. The zero-order valence-corrected chi connectivity index (χ0v) is 18.6. The minimum atomic E-state index is -0.515. The molecule has 0 spiro atoms. The van der Waals surface area contributed by atoms with Gasteiger partial charge < -0.3 is 10.1 Å². The molecule has 1 heterocycles. The molecule has 3 aromatic rings. The first-order chi connectivity index (χ1) is 14.6. The number of carbonyl (C=O) groups is 1. The van der Waals surface area contributed by atoms with Crippen molar-refractivity contribution in [1.29, 1.82) is 0 Å². The monoisotopic (exact) mass is 440 g/mol. The molecule has 1 fully saturated rings. The number of rotatable bonds is 6. The van der Waals surface area contributed by atoms with Crippen molar-refractivity contribution in [3.8, 4) is 5.75 Å². The van der Waals surface area contributed by atoms with Gasteiger partial charge in [-0.15, -0.1) is 11.3 Å². The zero-order chi connectivity index (χ0) is 21.0. The minimum absolute atomic E-state index is 0.0333. The standard InChI is InChI=1S/C24H25ClN2O2S/c1-29-19-11-9-18(10-12-19)24(13-5-2-6-14-24)22(28)27-23-26-16-20(30-23)15-17-7-3-4-8-21(17)25/h3-4,7-12,16H,2,5-6,13-15H2,1H3,(H,26,27,28). The van der Waals surface area contributed by atoms with Crippen LogP contribution in [0.5, 0.6) is 5.75 Å². The molecule has 4 nitrogen and oxygen atoms in total. The third-order valence-electron chi connectivity index (χ3n) is 5.88. The molecule has 0 bridgehead atoms. The second kappa shape index (κ2) is 9.19. The van der Waals surface area contributed by atoms with E-state index in [-0.39, 0.29) is 5.91 Å². The molecular weight excluding hydrogens is 416 g/mol. The molecule has 0 radical (unpaired) electrons.